The van der Waals surface area contributed by atoms with Crippen LogP contribution in [0.5, 0.6) is 0 Å². The number of aliphatic hydroxyl groups is 2. The molecule has 0 saturated heterocycles. The standard InChI is InChI=1S/C69H131NO5/c1-3-5-7-9-11-13-15-17-18-36-39-43-47-51-55-59-63-69(74)75-64-60-56-52-48-44-40-37-34-32-30-28-26-24-22-20-19-21-23-25-27-29-31-33-35-38-42-46-50-54-58-62-68(73)70-66(65-71)67(72)61-57-53-49-45-41-16-14-12-10-8-6-4-2/h13,15,18,36,57,61,66-67,71-72H,3-12,14,16-17,19-35,37-56,58-60,62-65H2,1-2H3,(H,70,73)/b15-13-,36-18-,61-57+. The summed E-state index contributed by atoms with van der Waals surface area (Å²) in [5.41, 5.74) is 0. The van der Waals surface area contributed by atoms with E-state index in [0.29, 0.717) is 19.4 Å². The molecular formula is C69H131NO5. The van der Waals surface area contributed by atoms with E-state index in [1.165, 1.54) is 289 Å². The van der Waals surface area contributed by atoms with Crippen LogP contribution in [0.1, 0.15) is 367 Å². The van der Waals surface area contributed by atoms with Crippen LogP contribution in [0.2, 0.25) is 0 Å². The lowest BCUT2D eigenvalue weighted by Gasteiger charge is -2.20. The van der Waals surface area contributed by atoms with Gasteiger partial charge in [0.15, 0.2) is 0 Å². The number of ether oxygens (including phenoxy) is 1. The highest BCUT2D eigenvalue weighted by Gasteiger charge is 2.18. The van der Waals surface area contributed by atoms with E-state index in [9.17, 15) is 19.8 Å². The van der Waals surface area contributed by atoms with Crippen LogP contribution in [0, 0.1) is 0 Å². The van der Waals surface area contributed by atoms with Crippen LogP contribution in [-0.4, -0.2) is 47.4 Å². The zero-order valence-electron chi connectivity index (χ0n) is 50.5. The summed E-state index contributed by atoms with van der Waals surface area (Å²) in [6, 6.07) is -0.624. The molecular weight excluding hydrogens is 923 g/mol. The molecule has 0 bridgehead atoms. The smallest absolute Gasteiger partial charge is 0.305 e. The summed E-state index contributed by atoms with van der Waals surface area (Å²) in [7, 11) is 0. The number of esters is 1. The monoisotopic (exact) mass is 1050 g/mol. The first kappa shape index (κ1) is 73.1. The maximum atomic E-state index is 12.4. The fourth-order valence-corrected chi connectivity index (χ4v) is 10.5. The average Bonchev–Trinajstić information content (AvgIpc) is 3.41. The van der Waals surface area contributed by atoms with Gasteiger partial charge < -0.3 is 20.3 Å². The SMILES string of the molecule is CCCCCC/C=C\C/C=C\CCCCCCCC(=O)OCCCCCCCCCCCCCCCCCCCCCCCCCCCCCCCCC(=O)NC(CO)C(O)/C=C/CCCCCCCCCCCC. The number of nitrogens with one attached hydrogen (secondary N) is 1. The lowest BCUT2D eigenvalue weighted by atomic mass is 10.0. The molecule has 0 aromatic carbocycles. The summed E-state index contributed by atoms with van der Waals surface area (Å²) in [5.74, 6) is -0.0573. The zero-order valence-corrected chi connectivity index (χ0v) is 50.5. The summed E-state index contributed by atoms with van der Waals surface area (Å²) >= 11 is 0. The number of amides is 1. The lowest BCUT2D eigenvalue weighted by molar-refractivity contribution is -0.143. The minimum absolute atomic E-state index is 0.00641. The fraction of sp³-hybridized carbons (Fsp3) is 0.884. The third-order valence-corrected chi connectivity index (χ3v) is 15.7. The zero-order chi connectivity index (χ0) is 54.3. The molecule has 6 nitrogen and oxygen atoms in total. The Morgan fingerprint density at radius 1 is 0.373 bits per heavy atom. The Hall–Kier alpha value is -1.92. The van der Waals surface area contributed by atoms with Crippen molar-refractivity contribution in [3.63, 3.8) is 0 Å². The van der Waals surface area contributed by atoms with Gasteiger partial charge in [-0.1, -0.05) is 326 Å². The molecule has 0 aliphatic rings. The molecule has 442 valence electrons. The van der Waals surface area contributed by atoms with E-state index in [4.69, 9.17) is 4.74 Å². The van der Waals surface area contributed by atoms with Crippen molar-refractivity contribution in [2.45, 2.75) is 379 Å². The molecule has 1 amide bonds. The van der Waals surface area contributed by atoms with E-state index in [-0.39, 0.29) is 18.5 Å². The minimum atomic E-state index is -0.840. The third-order valence-electron chi connectivity index (χ3n) is 15.7. The Labute approximate surface area is 468 Å². The molecule has 0 radical (unpaired) electrons. The van der Waals surface area contributed by atoms with Gasteiger partial charge in [-0.25, -0.2) is 0 Å². The largest absolute Gasteiger partial charge is 0.466 e. The van der Waals surface area contributed by atoms with Crippen molar-refractivity contribution >= 4 is 11.9 Å². The van der Waals surface area contributed by atoms with E-state index in [2.05, 4.69) is 43.5 Å². The predicted molar refractivity (Wildman–Crippen MR) is 329 cm³/mol. The molecule has 2 atom stereocenters. The molecule has 6 heteroatoms. The first-order valence-corrected chi connectivity index (χ1v) is 33.8. The van der Waals surface area contributed by atoms with Gasteiger partial charge >= 0.3 is 5.97 Å². The number of rotatable bonds is 63. The van der Waals surface area contributed by atoms with E-state index < -0.39 is 12.1 Å². The topological polar surface area (TPSA) is 95.9 Å². The predicted octanol–water partition coefficient (Wildman–Crippen LogP) is 21.5. The van der Waals surface area contributed by atoms with Gasteiger partial charge in [0.2, 0.25) is 5.91 Å². The number of allylic oxidation sites excluding steroid dienone is 5. The molecule has 0 aromatic heterocycles. The van der Waals surface area contributed by atoms with Crippen LogP contribution in [0.15, 0.2) is 36.5 Å². The maximum absolute atomic E-state index is 12.4. The molecule has 0 aliphatic carbocycles. The maximum Gasteiger partial charge on any atom is 0.305 e. The van der Waals surface area contributed by atoms with Crippen LogP contribution in [0.3, 0.4) is 0 Å². The van der Waals surface area contributed by atoms with E-state index in [1.807, 2.05) is 6.08 Å². The van der Waals surface area contributed by atoms with Gasteiger partial charge in [-0.3, -0.25) is 9.59 Å². The van der Waals surface area contributed by atoms with Gasteiger partial charge in [0.05, 0.1) is 25.4 Å². The van der Waals surface area contributed by atoms with E-state index >= 15 is 0 Å². The summed E-state index contributed by atoms with van der Waals surface area (Å²) < 4.78 is 5.49. The van der Waals surface area contributed by atoms with Crippen LogP contribution >= 0.6 is 0 Å². The molecule has 2 unspecified atom stereocenters. The molecule has 0 rings (SSSR count). The third kappa shape index (κ3) is 61.2. The van der Waals surface area contributed by atoms with Gasteiger partial charge in [-0.05, 0) is 64.2 Å². The normalized spacial score (nSPS) is 12.7. The number of carbonyl (C=O) groups excluding carboxylic acids is 2. The molecule has 0 aliphatic heterocycles. The van der Waals surface area contributed by atoms with Gasteiger partial charge in [0.1, 0.15) is 0 Å². The average molecular weight is 1050 g/mol. The molecule has 0 heterocycles. The summed E-state index contributed by atoms with van der Waals surface area (Å²) in [6.45, 7) is 4.89. The van der Waals surface area contributed by atoms with Crippen molar-refractivity contribution < 1.29 is 24.5 Å². The molecule has 0 spiro atoms. The van der Waals surface area contributed by atoms with Crippen LogP contribution in [0.4, 0.5) is 0 Å². The number of unbranched alkanes of at least 4 members (excludes halogenated alkanes) is 48. The van der Waals surface area contributed by atoms with Crippen molar-refractivity contribution in [1.29, 1.82) is 0 Å². The number of hydrogen-bond donors (Lipinski definition) is 3. The number of hydrogen-bond acceptors (Lipinski definition) is 5. The van der Waals surface area contributed by atoms with Gasteiger partial charge in [0, 0.05) is 12.8 Å². The summed E-state index contributed by atoms with van der Waals surface area (Å²) in [5, 5.41) is 23.1. The molecule has 3 N–H and O–H groups in total. The summed E-state index contributed by atoms with van der Waals surface area (Å²) in [6.07, 6.45) is 82.2. The Morgan fingerprint density at radius 2 is 0.667 bits per heavy atom. The second kappa shape index (κ2) is 64.6. The highest BCUT2D eigenvalue weighted by molar-refractivity contribution is 5.76. The van der Waals surface area contributed by atoms with Crippen LogP contribution in [0.25, 0.3) is 0 Å². The minimum Gasteiger partial charge on any atom is -0.466 e. The first-order chi connectivity index (χ1) is 37.0. The van der Waals surface area contributed by atoms with Gasteiger partial charge in [-0.15, -0.1) is 0 Å². The number of aliphatic hydroxyl groups excluding tert-OH is 2. The van der Waals surface area contributed by atoms with E-state index in [0.717, 1.165) is 51.4 Å². The van der Waals surface area contributed by atoms with Crippen molar-refractivity contribution in [2.75, 3.05) is 13.2 Å². The first-order valence-electron chi connectivity index (χ1n) is 33.8. The Balaban J connectivity index is 3.33. The fourth-order valence-electron chi connectivity index (χ4n) is 10.5. The van der Waals surface area contributed by atoms with Crippen molar-refractivity contribution in [1.82, 2.24) is 5.32 Å². The molecule has 0 saturated carbocycles. The Kier molecular flexibility index (Phi) is 63.0. The quantitative estimate of drug-likeness (QED) is 0.0320. The molecule has 0 fully saturated rings. The van der Waals surface area contributed by atoms with Crippen molar-refractivity contribution in [3.8, 4) is 0 Å². The molecule has 75 heavy (non-hydrogen) atoms. The van der Waals surface area contributed by atoms with E-state index in [1.54, 1.807) is 6.08 Å². The van der Waals surface area contributed by atoms with Crippen LogP contribution in [-0.2, 0) is 14.3 Å². The second-order valence-corrected chi connectivity index (χ2v) is 23.2. The van der Waals surface area contributed by atoms with Crippen molar-refractivity contribution in [2.24, 2.45) is 0 Å². The molecule has 0 aromatic rings. The second-order valence-electron chi connectivity index (χ2n) is 23.2. The lowest BCUT2D eigenvalue weighted by Crippen LogP contribution is -2.45. The Morgan fingerprint density at radius 3 is 1.03 bits per heavy atom. The Bertz CT molecular complexity index is 1210. The highest BCUT2D eigenvalue weighted by Crippen LogP contribution is 2.18. The highest BCUT2D eigenvalue weighted by atomic mass is 16.5. The van der Waals surface area contributed by atoms with Gasteiger partial charge in [-0.2, -0.15) is 0 Å². The van der Waals surface area contributed by atoms with Gasteiger partial charge in [0.25, 0.3) is 0 Å². The van der Waals surface area contributed by atoms with Crippen molar-refractivity contribution in [3.05, 3.63) is 36.5 Å². The van der Waals surface area contributed by atoms with Crippen LogP contribution < -0.4 is 5.32 Å². The summed E-state index contributed by atoms with van der Waals surface area (Å²) in [4.78, 5) is 24.5. The number of carbonyl (C=O) groups is 2.